The second-order valence-corrected chi connectivity index (χ2v) is 10.3. The van der Waals surface area contributed by atoms with Crippen LogP contribution in [-0.4, -0.2) is 41.1 Å². The minimum atomic E-state index is -0.915. The van der Waals surface area contributed by atoms with Crippen molar-refractivity contribution in [3.8, 4) is 5.75 Å². The average Bonchev–Trinajstić information content (AvgIpc) is 2.96. The first-order chi connectivity index (χ1) is 18.9. The molecule has 1 aliphatic heterocycles. The number of methoxy groups -OCH3 is 1. The van der Waals surface area contributed by atoms with E-state index in [1.165, 1.54) is 0 Å². The molecule has 0 bridgehead atoms. The van der Waals surface area contributed by atoms with Gasteiger partial charge >= 0.3 is 5.97 Å². The number of carboxylic acids is 1. The number of aliphatic hydroxyl groups excluding tert-OH is 1. The fraction of sp³-hybridized carbons (Fsp3) is 0.333. The number of amides is 1. The van der Waals surface area contributed by atoms with Gasteiger partial charge in [-0.2, -0.15) is 0 Å². The zero-order valence-electron chi connectivity index (χ0n) is 21.7. The first-order valence-corrected chi connectivity index (χ1v) is 13.8. The van der Waals surface area contributed by atoms with E-state index in [-0.39, 0.29) is 44.0 Å². The van der Waals surface area contributed by atoms with Gasteiger partial charge in [-0.05, 0) is 41.8 Å². The number of anilines is 1. The molecule has 0 aliphatic carbocycles. The molecule has 1 fully saturated rings. The number of carbonyl (C=O) groups is 2. The van der Waals surface area contributed by atoms with Gasteiger partial charge in [0.2, 0.25) is 5.91 Å². The molecule has 3 atom stereocenters. The van der Waals surface area contributed by atoms with Crippen molar-refractivity contribution in [2.45, 2.75) is 55.7 Å². The predicted molar refractivity (Wildman–Crippen MR) is 149 cm³/mol. The molecule has 206 valence electrons. The van der Waals surface area contributed by atoms with Gasteiger partial charge < -0.3 is 29.7 Å². The summed E-state index contributed by atoms with van der Waals surface area (Å²) in [6.07, 6.45) is 0.154. The molecule has 0 unspecified atom stereocenters. The van der Waals surface area contributed by atoms with Crippen molar-refractivity contribution in [1.82, 2.24) is 0 Å². The normalized spacial score (nSPS) is 18.9. The standard InChI is InChI=1S/C30H33NO7S/c1-36-25-5-2-3-6-27(25)39-19-24-17-26(21-11-9-20(18-32)10-12-21)38-30(37-24)22-13-15-23(16-14-22)31-28(33)7-4-8-29(34)35/h2-3,5-6,9-16,24,26,30,32H,4,7-8,17-19H2,1H3,(H,31,33)(H,34,35)/t24-,26+,30+/m1/s1. The van der Waals surface area contributed by atoms with Crippen molar-refractivity contribution in [2.75, 3.05) is 18.2 Å². The van der Waals surface area contributed by atoms with Gasteiger partial charge in [0.25, 0.3) is 0 Å². The zero-order valence-corrected chi connectivity index (χ0v) is 22.6. The van der Waals surface area contributed by atoms with E-state index in [0.29, 0.717) is 17.9 Å². The maximum Gasteiger partial charge on any atom is 0.303 e. The van der Waals surface area contributed by atoms with Crippen molar-refractivity contribution >= 4 is 29.3 Å². The number of carboxylic acid groups (broad SMARTS) is 1. The number of hydrogen-bond donors (Lipinski definition) is 3. The molecule has 0 aromatic heterocycles. The van der Waals surface area contributed by atoms with Gasteiger partial charge in [0, 0.05) is 41.2 Å². The van der Waals surface area contributed by atoms with Crippen LogP contribution < -0.4 is 10.1 Å². The fourth-order valence-electron chi connectivity index (χ4n) is 4.29. The number of carbonyl (C=O) groups excluding carboxylic acids is 1. The van der Waals surface area contributed by atoms with Gasteiger partial charge in [-0.1, -0.05) is 48.5 Å². The summed E-state index contributed by atoms with van der Waals surface area (Å²) in [6.45, 7) is -0.0157. The summed E-state index contributed by atoms with van der Waals surface area (Å²) in [5.41, 5.74) is 3.29. The SMILES string of the molecule is COc1ccccc1SC[C@H]1C[C@@H](c2ccc(CO)cc2)O[C@@H](c2ccc(NC(=O)CCCC(=O)O)cc2)O1. The summed E-state index contributed by atoms with van der Waals surface area (Å²) < 4.78 is 18.3. The fourth-order valence-corrected chi connectivity index (χ4v) is 5.34. The van der Waals surface area contributed by atoms with Crippen molar-refractivity contribution in [3.05, 3.63) is 89.5 Å². The number of hydrogen-bond acceptors (Lipinski definition) is 7. The molecule has 8 nitrogen and oxygen atoms in total. The van der Waals surface area contributed by atoms with E-state index >= 15 is 0 Å². The van der Waals surface area contributed by atoms with Crippen LogP contribution in [0.3, 0.4) is 0 Å². The first-order valence-electron chi connectivity index (χ1n) is 12.8. The number of benzene rings is 3. The summed E-state index contributed by atoms with van der Waals surface area (Å²) in [6, 6.07) is 22.9. The van der Waals surface area contributed by atoms with Gasteiger partial charge in [0.15, 0.2) is 6.29 Å². The molecule has 3 N–H and O–H groups in total. The van der Waals surface area contributed by atoms with E-state index in [1.54, 1.807) is 31.0 Å². The van der Waals surface area contributed by atoms with E-state index in [1.807, 2.05) is 60.7 Å². The van der Waals surface area contributed by atoms with E-state index in [2.05, 4.69) is 5.32 Å². The number of aliphatic carboxylic acids is 1. The molecule has 1 aliphatic rings. The predicted octanol–water partition coefficient (Wildman–Crippen LogP) is 5.72. The van der Waals surface area contributed by atoms with Crippen LogP contribution >= 0.6 is 11.8 Å². The first kappa shape index (κ1) is 28.6. The second kappa shape index (κ2) is 14.1. The Bertz CT molecular complexity index is 1230. The molecule has 9 heteroatoms. The molecule has 1 saturated heterocycles. The topological polar surface area (TPSA) is 114 Å². The molecule has 39 heavy (non-hydrogen) atoms. The molecule has 4 rings (SSSR count). The second-order valence-electron chi connectivity index (χ2n) is 9.23. The van der Waals surface area contributed by atoms with Gasteiger partial charge in [-0.3, -0.25) is 9.59 Å². The molecular weight excluding hydrogens is 518 g/mol. The lowest BCUT2D eigenvalue weighted by Gasteiger charge is -2.36. The molecule has 0 radical (unpaired) electrons. The monoisotopic (exact) mass is 551 g/mol. The van der Waals surface area contributed by atoms with Gasteiger partial charge in [0.05, 0.1) is 25.9 Å². The maximum absolute atomic E-state index is 12.1. The lowest BCUT2D eigenvalue weighted by atomic mass is 10.0. The molecule has 3 aromatic rings. The van der Waals surface area contributed by atoms with Crippen LogP contribution in [-0.2, 0) is 25.7 Å². The van der Waals surface area contributed by atoms with Crippen LogP contribution in [0.2, 0.25) is 0 Å². The maximum atomic E-state index is 12.1. The highest BCUT2D eigenvalue weighted by atomic mass is 32.2. The van der Waals surface area contributed by atoms with Crippen molar-refractivity contribution in [2.24, 2.45) is 0 Å². The molecule has 0 spiro atoms. The van der Waals surface area contributed by atoms with E-state index in [0.717, 1.165) is 27.3 Å². The zero-order chi connectivity index (χ0) is 27.6. The van der Waals surface area contributed by atoms with Crippen LogP contribution in [0, 0.1) is 0 Å². The van der Waals surface area contributed by atoms with E-state index in [9.17, 15) is 14.7 Å². The van der Waals surface area contributed by atoms with Crippen LogP contribution in [0.1, 0.15) is 54.8 Å². The Morgan fingerprint density at radius 3 is 2.38 bits per heavy atom. The summed E-state index contributed by atoms with van der Waals surface area (Å²) in [5.74, 6) is 0.384. The third-order valence-corrected chi connectivity index (χ3v) is 7.56. The van der Waals surface area contributed by atoms with Gasteiger partial charge in [0.1, 0.15) is 5.75 Å². The average molecular weight is 552 g/mol. The molecule has 1 amide bonds. The summed E-state index contributed by atoms with van der Waals surface area (Å²) in [7, 11) is 1.66. The molecule has 3 aromatic carbocycles. The lowest BCUT2D eigenvalue weighted by molar-refractivity contribution is -0.245. The molecule has 0 saturated carbocycles. The van der Waals surface area contributed by atoms with E-state index in [4.69, 9.17) is 19.3 Å². The van der Waals surface area contributed by atoms with Crippen LogP contribution in [0.5, 0.6) is 5.75 Å². The number of ether oxygens (including phenoxy) is 3. The summed E-state index contributed by atoms with van der Waals surface area (Å²) >= 11 is 1.67. The Balaban J connectivity index is 1.46. The number of rotatable bonds is 12. The highest BCUT2D eigenvalue weighted by Crippen LogP contribution is 2.40. The Morgan fingerprint density at radius 1 is 0.974 bits per heavy atom. The Hall–Kier alpha value is -3.37. The van der Waals surface area contributed by atoms with Gasteiger partial charge in [-0.15, -0.1) is 11.8 Å². The minimum absolute atomic E-state index is 0.0157. The van der Waals surface area contributed by atoms with Crippen LogP contribution in [0.25, 0.3) is 0 Å². The van der Waals surface area contributed by atoms with Crippen LogP contribution in [0.15, 0.2) is 77.7 Å². The summed E-state index contributed by atoms with van der Waals surface area (Å²) in [5, 5.41) is 21.0. The molecule has 1 heterocycles. The van der Waals surface area contributed by atoms with Gasteiger partial charge in [-0.25, -0.2) is 0 Å². The van der Waals surface area contributed by atoms with Crippen molar-refractivity contribution < 1.29 is 34.0 Å². The van der Waals surface area contributed by atoms with Crippen molar-refractivity contribution in [3.63, 3.8) is 0 Å². The third-order valence-electron chi connectivity index (χ3n) is 6.37. The highest BCUT2D eigenvalue weighted by molar-refractivity contribution is 7.99. The number of thioether (sulfide) groups is 1. The smallest absolute Gasteiger partial charge is 0.303 e. The highest BCUT2D eigenvalue weighted by Gasteiger charge is 2.32. The Kier molecular flexibility index (Phi) is 10.4. The van der Waals surface area contributed by atoms with E-state index < -0.39 is 12.3 Å². The Labute approximate surface area is 232 Å². The third kappa shape index (κ3) is 8.31. The number of nitrogens with one attached hydrogen (secondary N) is 1. The van der Waals surface area contributed by atoms with Crippen LogP contribution in [0.4, 0.5) is 5.69 Å². The molecular formula is C30H33NO7S. The number of para-hydroxylation sites is 1. The summed E-state index contributed by atoms with van der Waals surface area (Å²) in [4.78, 5) is 23.8. The number of aliphatic hydroxyl groups is 1. The minimum Gasteiger partial charge on any atom is -0.496 e. The largest absolute Gasteiger partial charge is 0.496 e. The van der Waals surface area contributed by atoms with Crippen molar-refractivity contribution in [1.29, 1.82) is 0 Å². The quantitative estimate of drug-likeness (QED) is 0.245. The Morgan fingerprint density at radius 2 is 1.69 bits per heavy atom. The lowest BCUT2D eigenvalue weighted by Crippen LogP contribution is -2.31.